The van der Waals surface area contributed by atoms with Crippen molar-refractivity contribution in [2.24, 2.45) is 7.05 Å². The van der Waals surface area contributed by atoms with Gasteiger partial charge in [0.1, 0.15) is 16.7 Å². The maximum atomic E-state index is 15.9. The third-order valence-electron chi connectivity index (χ3n) is 11.5. The minimum atomic E-state index is -4.03. The summed E-state index contributed by atoms with van der Waals surface area (Å²) in [7, 11) is -2.32. The van der Waals surface area contributed by atoms with Crippen LogP contribution in [-0.4, -0.2) is 65.2 Å². The minimum Gasteiger partial charge on any atom is -0.376 e. The van der Waals surface area contributed by atoms with Crippen LogP contribution in [0.4, 0.5) is 8.78 Å². The Kier molecular flexibility index (Phi) is 8.22. The van der Waals surface area contributed by atoms with Crippen molar-refractivity contribution in [2.45, 2.75) is 82.5 Å². The van der Waals surface area contributed by atoms with Crippen LogP contribution in [0.3, 0.4) is 0 Å². The third kappa shape index (κ3) is 5.82. The number of benzene rings is 2. The molecule has 1 fully saturated rings. The Morgan fingerprint density at radius 1 is 1.05 bits per heavy atom. The molecular weight excluding hydrogens is 727 g/mol. The van der Waals surface area contributed by atoms with Gasteiger partial charge in [0.2, 0.25) is 0 Å². The van der Waals surface area contributed by atoms with E-state index in [9.17, 15) is 17.6 Å². The second kappa shape index (κ2) is 12.7. The van der Waals surface area contributed by atoms with Gasteiger partial charge in [-0.15, -0.1) is 0 Å². The van der Waals surface area contributed by atoms with Gasteiger partial charge >= 0.3 is 5.69 Å². The first-order valence-electron chi connectivity index (χ1n) is 18.5. The second-order valence-corrected chi connectivity index (χ2v) is 17.6. The summed E-state index contributed by atoms with van der Waals surface area (Å²) in [4.78, 5) is 17.5. The zero-order valence-electron chi connectivity index (χ0n) is 31.3. The number of halogens is 2. The van der Waals surface area contributed by atoms with E-state index in [1.165, 1.54) is 38.1 Å². The fourth-order valence-electron chi connectivity index (χ4n) is 8.63. The summed E-state index contributed by atoms with van der Waals surface area (Å²) in [5, 5.41) is 10.3. The fraction of sp³-hybridized carbons (Fsp3) is 0.375. The van der Waals surface area contributed by atoms with E-state index < -0.39 is 27.6 Å². The number of hydrogen-bond donors (Lipinski definition) is 1. The van der Waals surface area contributed by atoms with Crippen molar-refractivity contribution in [2.75, 3.05) is 13.2 Å². The number of imidazole rings is 1. The molecule has 0 spiro atoms. The normalized spacial score (nSPS) is 20.7. The number of fused-ring (bicyclic) bond motifs is 3. The van der Waals surface area contributed by atoms with Gasteiger partial charge in [0, 0.05) is 62.0 Å². The molecular formula is C40H42F2N8O4S. The topological polar surface area (TPSA) is 125 Å². The van der Waals surface area contributed by atoms with Crippen LogP contribution in [0.15, 0.2) is 87.9 Å². The van der Waals surface area contributed by atoms with Gasteiger partial charge in [-0.1, -0.05) is 12.1 Å². The number of ether oxygens (including phenoxy) is 1. The predicted molar refractivity (Wildman–Crippen MR) is 204 cm³/mol. The van der Waals surface area contributed by atoms with E-state index in [1.54, 1.807) is 48.5 Å². The number of aryl methyl sites for hydroxylation is 1. The van der Waals surface area contributed by atoms with Gasteiger partial charge < -0.3 is 9.72 Å². The Balaban J connectivity index is 1.11. The zero-order valence-corrected chi connectivity index (χ0v) is 32.1. The lowest BCUT2D eigenvalue weighted by molar-refractivity contribution is -0.0592. The van der Waals surface area contributed by atoms with E-state index in [2.05, 4.69) is 36.1 Å². The van der Waals surface area contributed by atoms with Gasteiger partial charge in [-0.05, 0) is 99.9 Å². The number of sulfonamides is 1. The van der Waals surface area contributed by atoms with E-state index in [-0.39, 0.29) is 40.6 Å². The average Bonchev–Trinajstić information content (AvgIpc) is 3.94. The van der Waals surface area contributed by atoms with Gasteiger partial charge in [-0.2, -0.15) is 14.5 Å². The van der Waals surface area contributed by atoms with Crippen molar-refractivity contribution in [3.05, 3.63) is 111 Å². The standard InChI is InChI=1S/C40H42F2N8O4S/c1-23-16-28(17-24(2)36(23)41)50-38(49-14-13-48(39(49)51)34-9-8-33-29(37(34)42)21-43-46(33)5)30-22-47(12-10-32(30)45-50)55(52,53)35-19-27-18-25(6-7-31(27)44-35)26-11-15-54-40(3,4)20-26/h6-9,13-14,16,18-19,21,26,28,44H,10-12,15,17,20,22H2,1-5H3/t26-,28?/m0/s1. The first-order chi connectivity index (χ1) is 26.2. The molecule has 0 saturated carbocycles. The number of nitrogens with one attached hydrogen (secondary N) is 1. The molecule has 0 radical (unpaired) electrons. The van der Waals surface area contributed by atoms with Crippen LogP contribution in [0, 0.1) is 5.82 Å². The van der Waals surface area contributed by atoms with Crippen LogP contribution in [0.1, 0.15) is 75.7 Å². The van der Waals surface area contributed by atoms with Crippen molar-refractivity contribution < 1.29 is 21.9 Å². The molecule has 6 aromatic rings. The minimum absolute atomic E-state index is 0.0464. The molecule has 9 rings (SSSR count). The molecule has 1 saturated heterocycles. The van der Waals surface area contributed by atoms with Gasteiger partial charge in [-0.3, -0.25) is 13.8 Å². The molecule has 2 aliphatic heterocycles. The van der Waals surface area contributed by atoms with Gasteiger partial charge in [0.05, 0.1) is 40.1 Å². The highest BCUT2D eigenvalue weighted by Gasteiger charge is 2.36. The Morgan fingerprint density at radius 2 is 1.85 bits per heavy atom. The van der Waals surface area contributed by atoms with Crippen LogP contribution in [0.25, 0.3) is 33.3 Å². The molecule has 4 aromatic heterocycles. The molecule has 3 aliphatic rings. The lowest BCUT2D eigenvalue weighted by Crippen LogP contribution is -2.36. The molecule has 1 aliphatic carbocycles. The molecule has 2 atom stereocenters. The van der Waals surface area contributed by atoms with E-state index in [0.717, 1.165) is 29.3 Å². The SMILES string of the molecule is CC1=CC(n2nc3c(c2-n2ccn(-c4ccc5c(cnn5C)c4F)c2=O)CN(S(=O)(=O)c2cc4cc([C@H]5CCOC(C)(C)C5)ccc4[nH]2)CC3)CC(C)=C1F. The summed E-state index contributed by atoms with van der Waals surface area (Å²) in [6, 6.07) is 10.5. The molecule has 55 heavy (non-hydrogen) atoms. The number of rotatable bonds is 6. The molecule has 6 heterocycles. The van der Waals surface area contributed by atoms with Crippen LogP contribution in [0.5, 0.6) is 0 Å². The van der Waals surface area contributed by atoms with Crippen molar-refractivity contribution in [3.8, 4) is 11.5 Å². The van der Waals surface area contributed by atoms with E-state index >= 15 is 4.39 Å². The Labute approximate surface area is 316 Å². The van der Waals surface area contributed by atoms with Crippen LogP contribution >= 0.6 is 0 Å². The highest BCUT2D eigenvalue weighted by Crippen LogP contribution is 2.39. The summed E-state index contributed by atoms with van der Waals surface area (Å²) < 4.78 is 72.7. The third-order valence-corrected chi connectivity index (χ3v) is 13.3. The highest BCUT2D eigenvalue weighted by atomic mass is 32.2. The maximum absolute atomic E-state index is 15.9. The van der Waals surface area contributed by atoms with Crippen LogP contribution in [-0.2, 0) is 34.8 Å². The first kappa shape index (κ1) is 35.6. The molecule has 12 nitrogen and oxygen atoms in total. The van der Waals surface area contributed by atoms with E-state index in [4.69, 9.17) is 9.84 Å². The molecule has 15 heteroatoms. The zero-order chi connectivity index (χ0) is 38.6. The summed E-state index contributed by atoms with van der Waals surface area (Å²) in [5.41, 5.74) is 3.91. The summed E-state index contributed by atoms with van der Waals surface area (Å²) >= 11 is 0. The van der Waals surface area contributed by atoms with Gasteiger partial charge in [0.25, 0.3) is 10.0 Å². The smallest absolute Gasteiger partial charge is 0.338 e. The lowest BCUT2D eigenvalue weighted by atomic mass is 9.83. The molecule has 0 bridgehead atoms. The summed E-state index contributed by atoms with van der Waals surface area (Å²) in [5.74, 6) is -0.211. The van der Waals surface area contributed by atoms with Crippen LogP contribution in [0.2, 0.25) is 0 Å². The number of H-pyrrole nitrogens is 1. The highest BCUT2D eigenvalue weighted by molar-refractivity contribution is 7.89. The Bertz CT molecular complexity index is 2780. The van der Waals surface area contributed by atoms with Crippen molar-refractivity contribution in [3.63, 3.8) is 0 Å². The largest absolute Gasteiger partial charge is 0.376 e. The number of allylic oxidation sites excluding steroid dienone is 4. The van der Waals surface area contributed by atoms with Crippen LogP contribution < -0.4 is 5.69 Å². The first-order valence-corrected chi connectivity index (χ1v) is 20.0. The molecule has 1 N–H and O–H groups in total. The lowest BCUT2D eigenvalue weighted by Gasteiger charge is -2.35. The monoisotopic (exact) mass is 768 g/mol. The van der Waals surface area contributed by atoms with E-state index in [1.807, 2.05) is 6.07 Å². The predicted octanol–water partition coefficient (Wildman–Crippen LogP) is 6.89. The summed E-state index contributed by atoms with van der Waals surface area (Å²) in [6.45, 7) is 8.39. The number of hydrogen-bond acceptors (Lipinski definition) is 6. The average molecular weight is 769 g/mol. The fourth-order valence-corrected chi connectivity index (χ4v) is 10.1. The number of aromatic amines is 1. The Morgan fingerprint density at radius 3 is 2.64 bits per heavy atom. The molecule has 0 amide bonds. The van der Waals surface area contributed by atoms with Crippen molar-refractivity contribution in [1.29, 1.82) is 0 Å². The van der Waals surface area contributed by atoms with Crippen molar-refractivity contribution in [1.82, 2.24) is 38.0 Å². The molecule has 1 unspecified atom stereocenters. The number of aromatic nitrogens is 7. The van der Waals surface area contributed by atoms with Gasteiger partial charge in [-0.25, -0.2) is 26.7 Å². The molecule has 2 aromatic carbocycles. The summed E-state index contributed by atoms with van der Waals surface area (Å²) in [6.07, 6.45) is 8.59. The number of nitrogens with zero attached hydrogens (tertiary/aromatic N) is 7. The van der Waals surface area contributed by atoms with E-state index in [0.29, 0.717) is 59.1 Å². The maximum Gasteiger partial charge on any atom is 0.338 e. The molecule has 286 valence electrons. The van der Waals surface area contributed by atoms with Gasteiger partial charge in [0.15, 0.2) is 5.82 Å². The van der Waals surface area contributed by atoms with Crippen molar-refractivity contribution >= 4 is 31.8 Å². The Hall–Kier alpha value is -5.12. The quantitative estimate of drug-likeness (QED) is 0.197. The second-order valence-electron chi connectivity index (χ2n) is 15.7.